The predicted octanol–water partition coefficient (Wildman–Crippen LogP) is 4.38. The predicted molar refractivity (Wildman–Crippen MR) is 112 cm³/mol. The van der Waals surface area contributed by atoms with Crippen LogP contribution >= 0.6 is 0 Å². The van der Waals surface area contributed by atoms with Crippen molar-refractivity contribution < 1.29 is 19.7 Å². The average molecular weight is 395 g/mol. The first-order chi connectivity index (χ1) is 14.0. The van der Waals surface area contributed by atoms with Crippen molar-refractivity contribution in [1.82, 2.24) is 0 Å². The molecule has 0 heterocycles. The van der Waals surface area contributed by atoms with Gasteiger partial charge in [0, 0.05) is 12.5 Å². The minimum Gasteiger partial charge on any atom is -0.478 e. The number of rotatable bonds is 5. The molecule has 3 atom stereocenters. The average Bonchev–Trinajstić information content (AvgIpc) is 2.85. The second-order valence-corrected chi connectivity index (χ2v) is 8.95. The maximum atomic E-state index is 11.5. The van der Waals surface area contributed by atoms with Crippen LogP contribution in [0.2, 0.25) is 0 Å². The number of aryl methyl sites for hydroxylation is 1. The molecule has 2 aliphatic rings. The molecule has 1 saturated carbocycles. The first kappa shape index (κ1) is 20.1. The number of fused-ring (bicyclic) bond motifs is 3. The molecule has 154 valence electrons. The first-order valence-corrected chi connectivity index (χ1v) is 10.6. The Morgan fingerprint density at radius 3 is 2.69 bits per heavy atom. The van der Waals surface area contributed by atoms with E-state index in [2.05, 4.69) is 30.3 Å². The molecule has 0 aliphatic heterocycles. The van der Waals surface area contributed by atoms with Crippen molar-refractivity contribution in [3.63, 3.8) is 0 Å². The molecule has 4 heteroatoms. The highest BCUT2D eigenvalue weighted by atomic mass is 16.5. The van der Waals surface area contributed by atoms with Crippen LogP contribution in [0.1, 0.15) is 59.2 Å². The van der Waals surface area contributed by atoms with E-state index < -0.39 is 11.6 Å². The van der Waals surface area contributed by atoms with E-state index in [0.29, 0.717) is 24.5 Å². The van der Waals surface area contributed by atoms with E-state index in [-0.39, 0.29) is 5.41 Å². The lowest BCUT2D eigenvalue weighted by atomic mass is 9.56. The SMILES string of the molecule is COC[C@]1(O)CC[C@]2(Cc3ccccc3)c3ccc(C(=O)O)cc3CCC[C@@H]2C1. The van der Waals surface area contributed by atoms with E-state index >= 15 is 0 Å². The van der Waals surface area contributed by atoms with Gasteiger partial charge in [-0.25, -0.2) is 4.79 Å². The minimum absolute atomic E-state index is 0.0792. The summed E-state index contributed by atoms with van der Waals surface area (Å²) < 4.78 is 5.34. The zero-order valence-corrected chi connectivity index (χ0v) is 17.1. The van der Waals surface area contributed by atoms with E-state index in [1.807, 2.05) is 12.1 Å². The molecule has 29 heavy (non-hydrogen) atoms. The Hall–Kier alpha value is -2.17. The lowest BCUT2D eigenvalue weighted by molar-refractivity contribution is -0.0898. The van der Waals surface area contributed by atoms with Crippen molar-refractivity contribution >= 4 is 5.97 Å². The Labute approximate surface area is 172 Å². The second kappa shape index (κ2) is 7.92. The van der Waals surface area contributed by atoms with Gasteiger partial charge < -0.3 is 14.9 Å². The number of aromatic carboxylic acids is 1. The molecule has 2 aromatic rings. The molecule has 2 aliphatic carbocycles. The van der Waals surface area contributed by atoms with Gasteiger partial charge in [-0.2, -0.15) is 0 Å². The summed E-state index contributed by atoms with van der Waals surface area (Å²) in [6.45, 7) is 0.371. The van der Waals surface area contributed by atoms with Gasteiger partial charge in [0.2, 0.25) is 0 Å². The maximum Gasteiger partial charge on any atom is 0.335 e. The van der Waals surface area contributed by atoms with Gasteiger partial charge in [0.1, 0.15) is 0 Å². The van der Waals surface area contributed by atoms with Crippen molar-refractivity contribution in [2.75, 3.05) is 13.7 Å². The number of hydrogen-bond donors (Lipinski definition) is 2. The standard InChI is InChI=1S/C25H30O4/c1-29-17-24(28)12-13-25(15-18-6-3-2-4-7-18)21(16-24)9-5-8-19-14-20(23(26)27)10-11-22(19)25/h2-4,6-7,10-11,14,21,28H,5,8-9,12-13,15-17H2,1H3,(H,26,27)/t21-,24+,25-/m1/s1. The van der Waals surface area contributed by atoms with Gasteiger partial charge in [0.25, 0.3) is 0 Å². The number of ether oxygens (including phenoxy) is 1. The molecule has 0 unspecified atom stereocenters. The molecule has 4 nitrogen and oxygen atoms in total. The number of aliphatic hydroxyl groups is 1. The quantitative estimate of drug-likeness (QED) is 0.790. The molecule has 0 bridgehead atoms. The Morgan fingerprint density at radius 2 is 1.97 bits per heavy atom. The highest BCUT2D eigenvalue weighted by molar-refractivity contribution is 5.88. The molecule has 0 aromatic heterocycles. The van der Waals surface area contributed by atoms with Gasteiger partial charge in [-0.3, -0.25) is 0 Å². The number of carboxylic acids is 1. The minimum atomic E-state index is -0.871. The molecule has 2 aromatic carbocycles. The van der Waals surface area contributed by atoms with Crippen LogP contribution in [0.25, 0.3) is 0 Å². The number of methoxy groups -OCH3 is 1. The summed E-state index contributed by atoms with van der Waals surface area (Å²) in [7, 11) is 1.65. The molecule has 0 saturated heterocycles. The van der Waals surface area contributed by atoms with Crippen LogP contribution in [0.3, 0.4) is 0 Å². The van der Waals surface area contributed by atoms with Crippen LogP contribution in [-0.4, -0.2) is 35.5 Å². The van der Waals surface area contributed by atoms with Gasteiger partial charge >= 0.3 is 5.97 Å². The van der Waals surface area contributed by atoms with Crippen molar-refractivity contribution in [3.8, 4) is 0 Å². The van der Waals surface area contributed by atoms with Crippen LogP contribution in [0.4, 0.5) is 0 Å². The van der Waals surface area contributed by atoms with Crippen molar-refractivity contribution in [1.29, 1.82) is 0 Å². The number of carboxylic acid groups (broad SMARTS) is 1. The zero-order valence-electron chi connectivity index (χ0n) is 17.1. The third-order valence-electron chi connectivity index (χ3n) is 7.11. The summed E-state index contributed by atoms with van der Waals surface area (Å²) in [6.07, 6.45) is 6.17. The highest BCUT2D eigenvalue weighted by Crippen LogP contribution is 2.53. The van der Waals surface area contributed by atoms with E-state index in [1.165, 1.54) is 16.7 Å². The second-order valence-electron chi connectivity index (χ2n) is 8.95. The smallest absolute Gasteiger partial charge is 0.335 e. The topological polar surface area (TPSA) is 66.8 Å². The summed E-state index contributed by atoms with van der Waals surface area (Å²) in [5.41, 5.74) is 3.26. The van der Waals surface area contributed by atoms with Crippen molar-refractivity contribution in [2.45, 2.75) is 56.0 Å². The lowest BCUT2D eigenvalue weighted by Gasteiger charge is -2.50. The summed E-state index contributed by atoms with van der Waals surface area (Å²) in [5.74, 6) is -0.530. The van der Waals surface area contributed by atoms with E-state index in [1.54, 1.807) is 13.2 Å². The highest BCUT2D eigenvalue weighted by Gasteiger charge is 2.50. The van der Waals surface area contributed by atoms with Gasteiger partial charge in [0.15, 0.2) is 0 Å². The molecule has 1 fully saturated rings. The van der Waals surface area contributed by atoms with Crippen LogP contribution in [0.5, 0.6) is 0 Å². The van der Waals surface area contributed by atoms with Gasteiger partial charge in [0.05, 0.1) is 17.8 Å². The van der Waals surface area contributed by atoms with E-state index in [4.69, 9.17) is 4.74 Å². The molecule has 0 amide bonds. The molecular formula is C25H30O4. The summed E-state index contributed by atoms with van der Waals surface area (Å²) in [4.78, 5) is 11.5. The molecular weight excluding hydrogens is 364 g/mol. The lowest BCUT2D eigenvalue weighted by Crippen LogP contribution is -2.50. The Bertz CT molecular complexity index is 878. The fraction of sp³-hybridized carbons (Fsp3) is 0.480. The largest absolute Gasteiger partial charge is 0.478 e. The van der Waals surface area contributed by atoms with Gasteiger partial charge in [-0.15, -0.1) is 0 Å². The fourth-order valence-corrected chi connectivity index (χ4v) is 5.79. The van der Waals surface area contributed by atoms with Crippen molar-refractivity contribution in [2.24, 2.45) is 5.92 Å². The van der Waals surface area contributed by atoms with Gasteiger partial charge in [-0.1, -0.05) is 36.4 Å². The number of carbonyl (C=O) groups is 1. The number of benzene rings is 2. The third kappa shape index (κ3) is 3.84. The number of hydrogen-bond acceptors (Lipinski definition) is 3. The Balaban J connectivity index is 1.81. The normalized spacial score (nSPS) is 28.8. The Kier molecular flexibility index (Phi) is 5.50. The molecule has 4 rings (SSSR count). The van der Waals surface area contributed by atoms with E-state index in [9.17, 15) is 15.0 Å². The fourth-order valence-electron chi connectivity index (χ4n) is 5.79. The van der Waals surface area contributed by atoms with Crippen LogP contribution < -0.4 is 0 Å². The first-order valence-electron chi connectivity index (χ1n) is 10.6. The summed E-state index contributed by atoms with van der Waals surface area (Å²) in [6, 6.07) is 16.2. The monoisotopic (exact) mass is 394 g/mol. The van der Waals surface area contributed by atoms with Crippen LogP contribution in [-0.2, 0) is 23.0 Å². The molecule has 2 N–H and O–H groups in total. The van der Waals surface area contributed by atoms with Crippen LogP contribution in [0.15, 0.2) is 48.5 Å². The zero-order chi connectivity index (χ0) is 20.5. The van der Waals surface area contributed by atoms with Crippen molar-refractivity contribution in [3.05, 3.63) is 70.8 Å². The third-order valence-corrected chi connectivity index (χ3v) is 7.11. The molecule has 0 radical (unpaired) electrons. The van der Waals surface area contributed by atoms with Crippen LogP contribution in [0, 0.1) is 5.92 Å². The van der Waals surface area contributed by atoms with E-state index in [0.717, 1.165) is 38.5 Å². The summed E-state index contributed by atoms with van der Waals surface area (Å²) in [5, 5.41) is 20.6. The maximum absolute atomic E-state index is 11.5. The molecule has 0 spiro atoms. The Morgan fingerprint density at radius 1 is 1.17 bits per heavy atom. The summed E-state index contributed by atoms with van der Waals surface area (Å²) >= 11 is 0. The van der Waals surface area contributed by atoms with Gasteiger partial charge in [-0.05, 0) is 79.7 Å².